The molecule has 59 heavy (non-hydrogen) atoms. The lowest BCUT2D eigenvalue weighted by atomic mass is 10.1. The highest BCUT2D eigenvalue weighted by Gasteiger charge is 2.34. The third kappa shape index (κ3) is 13.4. The number of alkyl halides is 9. The number of hydrogen-bond acceptors (Lipinski definition) is 10. The van der Waals surface area contributed by atoms with Crippen LogP contribution in [0.15, 0.2) is 98.9 Å². The second kappa shape index (κ2) is 18.5. The van der Waals surface area contributed by atoms with Crippen LogP contribution >= 0.6 is 27.3 Å². The van der Waals surface area contributed by atoms with E-state index in [1.807, 2.05) is 18.2 Å². The standard InChI is InChI=1S/C20H13F6N3O4.C15H11BrF3N3O3S.2H2/c1-2-31-16-11-29(18(30)27-14-6-8-15(9-7-14)33-20(24,25)26)28-17(32-16)12-4-3-5-13(10-12)19(21,22)23;16-12-6-5-11(26-12)13-21-22(7-8-24-13)14(23)20-9-1-3-10(4-2-9)25-15(17,18)19;;/h1,3-10,16H,11H2,(H,27,30);1-6H,7-8H2,(H,20,23);2*1H. The molecule has 3 aromatic carbocycles. The van der Waals surface area contributed by atoms with E-state index in [-0.39, 0.29) is 45.4 Å². The van der Waals surface area contributed by atoms with E-state index < -0.39 is 48.6 Å². The van der Waals surface area contributed by atoms with Gasteiger partial charge in [0.1, 0.15) is 30.8 Å². The highest BCUT2D eigenvalue weighted by molar-refractivity contribution is 9.11. The molecule has 4 amide bonds. The van der Waals surface area contributed by atoms with Crippen LogP contribution in [0.2, 0.25) is 0 Å². The SMILES string of the molecule is C#COC1CN(C(=O)Nc2ccc(OC(F)(F)F)cc2)N=C(c2cccc(C(F)(F)F)c2)O1.O=C(Nc1ccc(OC(F)(F)F)cc1)N1CCOC(c2ccc(Br)s2)=N1.[HH].[HH]. The molecular weight excluding hydrogens is 899 g/mol. The lowest BCUT2D eigenvalue weighted by Crippen LogP contribution is -2.44. The van der Waals surface area contributed by atoms with Crippen LogP contribution in [-0.4, -0.2) is 72.6 Å². The maximum atomic E-state index is 13.0. The Morgan fingerprint density at radius 3 is 1.88 bits per heavy atom. The third-order valence-corrected chi connectivity index (χ3v) is 8.71. The van der Waals surface area contributed by atoms with Gasteiger partial charge in [0.2, 0.25) is 11.8 Å². The van der Waals surface area contributed by atoms with Gasteiger partial charge in [0.15, 0.2) is 0 Å². The topological polar surface area (TPSA) is 136 Å². The van der Waals surface area contributed by atoms with Crippen LogP contribution in [0.4, 0.5) is 60.5 Å². The van der Waals surface area contributed by atoms with Crippen LogP contribution in [0, 0.1) is 12.5 Å². The maximum absolute atomic E-state index is 13.0. The van der Waals surface area contributed by atoms with Gasteiger partial charge in [-0.15, -0.1) is 47.9 Å². The van der Waals surface area contributed by atoms with E-state index >= 15 is 0 Å². The summed E-state index contributed by atoms with van der Waals surface area (Å²) in [7, 11) is 0. The van der Waals surface area contributed by atoms with Gasteiger partial charge < -0.3 is 34.3 Å². The maximum Gasteiger partial charge on any atom is 0.573 e. The van der Waals surface area contributed by atoms with Crippen molar-refractivity contribution in [1.29, 1.82) is 0 Å². The zero-order valence-electron chi connectivity index (χ0n) is 29.2. The Bertz CT molecular complexity index is 2220. The van der Waals surface area contributed by atoms with E-state index in [2.05, 4.69) is 46.2 Å². The molecule has 0 saturated carbocycles. The van der Waals surface area contributed by atoms with Gasteiger partial charge >= 0.3 is 31.0 Å². The molecule has 1 unspecified atom stereocenters. The second-order valence-corrected chi connectivity index (χ2v) is 13.8. The van der Waals surface area contributed by atoms with Crippen LogP contribution in [0.25, 0.3) is 0 Å². The first kappa shape index (κ1) is 43.8. The summed E-state index contributed by atoms with van der Waals surface area (Å²) in [6, 6.07) is 15.4. The Kier molecular flexibility index (Phi) is 13.7. The molecule has 2 aliphatic rings. The average Bonchev–Trinajstić information content (AvgIpc) is 3.61. The number of terminal acetylenes is 1. The zero-order valence-corrected chi connectivity index (χ0v) is 31.6. The fourth-order valence-corrected chi connectivity index (χ4v) is 5.99. The summed E-state index contributed by atoms with van der Waals surface area (Å²) in [6.07, 6.45) is -8.58. The average molecular weight is 928 g/mol. The number of anilines is 2. The number of hydrogen-bond donors (Lipinski definition) is 2. The predicted octanol–water partition coefficient (Wildman–Crippen LogP) is 9.89. The molecule has 316 valence electrons. The summed E-state index contributed by atoms with van der Waals surface area (Å²) in [5.41, 5.74) is -0.664. The Balaban J connectivity index is 0.000000323. The van der Waals surface area contributed by atoms with Gasteiger partial charge in [0.05, 0.1) is 20.8 Å². The molecule has 1 atom stereocenters. The third-order valence-electron chi connectivity index (χ3n) is 7.10. The summed E-state index contributed by atoms with van der Waals surface area (Å²) < 4.78 is 136. The van der Waals surface area contributed by atoms with Crippen LogP contribution in [0.1, 0.15) is 18.9 Å². The monoisotopic (exact) mass is 926 g/mol. The first-order valence-corrected chi connectivity index (χ1v) is 17.8. The minimum absolute atomic E-state index is 0. The van der Waals surface area contributed by atoms with Crippen molar-refractivity contribution in [3.63, 3.8) is 0 Å². The molecule has 6 rings (SSSR count). The number of halogens is 10. The number of hydrazone groups is 2. The summed E-state index contributed by atoms with van der Waals surface area (Å²) in [6.45, 7) is 0.199. The van der Waals surface area contributed by atoms with Gasteiger partial charge in [-0.2, -0.15) is 13.2 Å². The fraction of sp³-hybridized carbons (Fsp3) is 0.200. The van der Waals surface area contributed by atoms with Crippen molar-refractivity contribution in [2.45, 2.75) is 25.2 Å². The Morgan fingerprint density at radius 2 is 1.37 bits per heavy atom. The van der Waals surface area contributed by atoms with E-state index in [1.54, 1.807) is 0 Å². The number of amides is 4. The first-order valence-electron chi connectivity index (χ1n) is 16.1. The largest absolute Gasteiger partial charge is 0.573 e. The van der Waals surface area contributed by atoms with Crippen molar-refractivity contribution >= 4 is 62.5 Å². The molecule has 0 spiro atoms. The summed E-state index contributed by atoms with van der Waals surface area (Å²) in [4.78, 5) is 25.7. The normalized spacial score (nSPS) is 15.4. The molecule has 0 fully saturated rings. The number of carbonyl (C=O) groups is 2. The Hall–Kier alpha value is -6.35. The number of nitrogens with one attached hydrogen (secondary N) is 2. The first-order chi connectivity index (χ1) is 27.7. The molecule has 0 radical (unpaired) electrons. The molecule has 2 N–H and O–H groups in total. The van der Waals surface area contributed by atoms with Crippen LogP contribution < -0.4 is 20.1 Å². The van der Waals surface area contributed by atoms with Crippen molar-refractivity contribution in [1.82, 2.24) is 10.0 Å². The molecule has 24 heteroatoms. The predicted molar refractivity (Wildman–Crippen MR) is 199 cm³/mol. The summed E-state index contributed by atoms with van der Waals surface area (Å²) in [5, 5.41) is 15.0. The molecule has 4 aromatic rings. The quantitative estimate of drug-likeness (QED) is 0.139. The Labute approximate surface area is 342 Å². The number of carbonyl (C=O) groups excluding carboxylic acids is 2. The van der Waals surface area contributed by atoms with Crippen molar-refractivity contribution in [3.8, 4) is 24.0 Å². The molecule has 1 aromatic heterocycles. The fourth-order valence-electron chi connectivity index (χ4n) is 4.67. The van der Waals surface area contributed by atoms with Crippen molar-refractivity contribution in [2.75, 3.05) is 30.3 Å². The van der Waals surface area contributed by atoms with E-state index in [1.165, 1.54) is 34.5 Å². The molecule has 2 aliphatic heterocycles. The van der Waals surface area contributed by atoms with E-state index in [9.17, 15) is 49.1 Å². The van der Waals surface area contributed by atoms with E-state index in [4.69, 9.17) is 20.6 Å². The van der Waals surface area contributed by atoms with Gasteiger partial charge in [-0.25, -0.2) is 19.6 Å². The van der Waals surface area contributed by atoms with Crippen molar-refractivity contribution in [3.05, 3.63) is 105 Å². The van der Waals surface area contributed by atoms with Crippen LogP contribution in [0.5, 0.6) is 11.5 Å². The van der Waals surface area contributed by atoms with Gasteiger partial charge in [-0.3, -0.25) is 0 Å². The molecule has 3 heterocycles. The van der Waals surface area contributed by atoms with Crippen LogP contribution in [-0.2, 0) is 20.4 Å². The molecule has 0 aliphatic carbocycles. The van der Waals surface area contributed by atoms with Gasteiger partial charge in [-0.1, -0.05) is 12.5 Å². The van der Waals surface area contributed by atoms with Crippen molar-refractivity contribution in [2.24, 2.45) is 10.2 Å². The minimum atomic E-state index is -4.88. The van der Waals surface area contributed by atoms with E-state index in [0.29, 0.717) is 11.6 Å². The number of rotatable bonds is 7. The van der Waals surface area contributed by atoms with Gasteiger partial charge in [0.25, 0.3) is 6.29 Å². The number of nitrogens with zero attached hydrogens (tertiary/aromatic N) is 4. The smallest absolute Gasteiger partial charge is 0.474 e. The van der Waals surface area contributed by atoms with Crippen LogP contribution in [0.3, 0.4) is 0 Å². The molecule has 0 bridgehead atoms. The van der Waals surface area contributed by atoms with Gasteiger partial charge in [-0.05, 0) is 94.8 Å². The molecular formula is C35H28BrF9N6O7S. The molecule has 0 saturated heterocycles. The highest BCUT2D eigenvalue weighted by Crippen LogP contribution is 2.31. The highest BCUT2D eigenvalue weighted by atomic mass is 79.9. The Morgan fingerprint density at radius 1 is 0.814 bits per heavy atom. The number of urea groups is 2. The number of thiophene rings is 1. The summed E-state index contributed by atoms with van der Waals surface area (Å²) in [5.74, 6) is -0.905. The number of benzene rings is 3. The van der Waals surface area contributed by atoms with Crippen molar-refractivity contribution < 1.29 is 75.6 Å². The van der Waals surface area contributed by atoms with E-state index in [0.717, 1.165) is 68.3 Å². The minimum Gasteiger partial charge on any atom is -0.474 e. The lowest BCUT2D eigenvalue weighted by Gasteiger charge is -2.29. The lowest BCUT2D eigenvalue weighted by molar-refractivity contribution is -0.275. The number of ether oxygens (including phenoxy) is 5. The molecule has 13 nitrogen and oxygen atoms in total. The second-order valence-electron chi connectivity index (χ2n) is 11.3. The zero-order chi connectivity index (χ0) is 43.0. The summed E-state index contributed by atoms with van der Waals surface area (Å²) >= 11 is 4.76. The van der Waals surface area contributed by atoms with Gasteiger partial charge in [0, 0.05) is 19.8 Å².